The number of methoxy groups -OCH3 is 1. The molecule has 0 N–H and O–H groups in total. The third-order valence-electron chi connectivity index (χ3n) is 2.58. The summed E-state index contributed by atoms with van der Waals surface area (Å²) in [5, 5.41) is 11.4. The fourth-order valence-corrected chi connectivity index (χ4v) is 1.92. The molecule has 0 saturated heterocycles. The van der Waals surface area contributed by atoms with Crippen molar-refractivity contribution in [3.8, 4) is 5.75 Å². The predicted octanol–water partition coefficient (Wildman–Crippen LogP) is 1.21. The van der Waals surface area contributed by atoms with Crippen LogP contribution < -0.4 is 9.47 Å². The predicted molar refractivity (Wildman–Crippen MR) is 48.6 cm³/mol. The molecule has 1 aliphatic carbocycles. The Morgan fingerprint density at radius 2 is 2.15 bits per heavy atom. The van der Waals surface area contributed by atoms with Gasteiger partial charge in [-0.25, -0.2) is 0 Å². The normalized spacial score (nSPS) is 15.2. The Kier molecular flexibility index (Phi) is 2.08. The molecule has 0 saturated carbocycles. The van der Waals surface area contributed by atoms with Crippen molar-refractivity contribution in [2.24, 2.45) is 0 Å². The Morgan fingerprint density at radius 1 is 1.38 bits per heavy atom. The molecular weight excluding hydrogens is 166 g/mol. The largest absolute Gasteiger partial charge is 0.618 e. The number of hydrogen-bond acceptors (Lipinski definition) is 2. The monoisotopic (exact) mass is 179 g/mol. The highest BCUT2D eigenvalue weighted by Crippen LogP contribution is 2.26. The Labute approximate surface area is 77.5 Å². The van der Waals surface area contributed by atoms with Crippen LogP contribution in [0, 0.1) is 5.21 Å². The van der Waals surface area contributed by atoms with Gasteiger partial charge in [-0.1, -0.05) is 0 Å². The van der Waals surface area contributed by atoms with Gasteiger partial charge >= 0.3 is 0 Å². The lowest BCUT2D eigenvalue weighted by atomic mass is 9.95. The molecule has 0 spiro atoms. The van der Waals surface area contributed by atoms with E-state index in [2.05, 4.69) is 0 Å². The topological polar surface area (TPSA) is 36.2 Å². The molecule has 0 amide bonds. The summed E-state index contributed by atoms with van der Waals surface area (Å²) in [6.07, 6.45) is 5.66. The molecule has 0 aliphatic heterocycles. The summed E-state index contributed by atoms with van der Waals surface area (Å²) in [7, 11) is 1.65. The number of ether oxygens (including phenoxy) is 1. The second-order valence-corrected chi connectivity index (χ2v) is 3.34. The molecule has 3 nitrogen and oxygen atoms in total. The smallest absolute Gasteiger partial charge is 0.199 e. The van der Waals surface area contributed by atoms with E-state index in [0.29, 0.717) is 0 Å². The second-order valence-electron chi connectivity index (χ2n) is 3.34. The number of nitrogens with zero attached hydrogens (tertiary/aromatic N) is 1. The highest BCUT2D eigenvalue weighted by Gasteiger charge is 2.20. The zero-order chi connectivity index (χ0) is 9.26. The van der Waals surface area contributed by atoms with Crippen molar-refractivity contribution in [3.05, 3.63) is 28.7 Å². The van der Waals surface area contributed by atoms with Gasteiger partial charge in [-0.2, -0.15) is 4.73 Å². The first-order valence-electron chi connectivity index (χ1n) is 4.61. The van der Waals surface area contributed by atoms with Gasteiger partial charge in [0.2, 0.25) is 0 Å². The molecule has 0 aromatic carbocycles. The zero-order valence-electron chi connectivity index (χ0n) is 7.75. The van der Waals surface area contributed by atoms with Crippen molar-refractivity contribution in [2.45, 2.75) is 25.7 Å². The summed E-state index contributed by atoms with van der Waals surface area (Å²) in [5.74, 6) is 0.863. The van der Waals surface area contributed by atoms with Crippen molar-refractivity contribution >= 4 is 0 Å². The first-order chi connectivity index (χ1) is 6.33. The van der Waals surface area contributed by atoms with Gasteiger partial charge in [0.05, 0.1) is 12.7 Å². The summed E-state index contributed by atoms with van der Waals surface area (Å²) < 4.78 is 6.18. The van der Waals surface area contributed by atoms with Crippen LogP contribution in [0.4, 0.5) is 0 Å². The molecule has 2 rings (SSSR count). The Morgan fingerprint density at radius 3 is 2.92 bits per heavy atom. The summed E-state index contributed by atoms with van der Waals surface area (Å²) in [5.41, 5.74) is 2.00. The van der Waals surface area contributed by atoms with E-state index < -0.39 is 0 Å². The molecule has 1 aromatic heterocycles. The molecule has 70 valence electrons. The molecule has 1 aromatic rings. The van der Waals surface area contributed by atoms with Crippen LogP contribution in [-0.4, -0.2) is 7.11 Å². The van der Waals surface area contributed by atoms with Crippen molar-refractivity contribution in [1.29, 1.82) is 0 Å². The molecule has 0 atom stereocenters. The van der Waals surface area contributed by atoms with E-state index in [-0.39, 0.29) is 0 Å². The first-order valence-corrected chi connectivity index (χ1v) is 4.61. The van der Waals surface area contributed by atoms with E-state index in [0.717, 1.165) is 47.4 Å². The van der Waals surface area contributed by atoms with E-state index in [9.17, 15) is 5.21 Å². The highest BCUT2D eigenvalue weighted by atomic mass is 16.5. The molecule has 0 unspecified atom stereocenters. The van der Waals surface area contributed by atoms with Gasteiger partial charge in [-0.3, -0.25) is 0 Å². The minimum Gasteiger partial charge on any atom is -0.618 e. The summed E-state index contributed by atoms with van der Waals surface area (Å²) in [6, 6.07) is 1.75. The molecule has 1 aliphatic rings. The minimum atomic E-state index is 0.863. The van der Waals surface area contributed by atoms with Crippen LogP contribution in [-0.2, 0) is 12.8 Å². The maximum Gasteiger partial charge on any atom is 0.199 e. The molecule has 0 fully saturated rings. The quantitative estimate of drug-likeness (QED) is 0.480. The maximum atomic E-state index is 11.4. The first kappa shape index (κ1) is 8.35. The minimum absolute atomic E-state index is 0.863. The third kappa shape index (κ3) is 1.34. The van der Waals surface area contributed by atoms with Gasteiger partial charge in [0.25, 0.3) is 0 Å². The Hall–Kier alpha value is -1.25. The molecule has 3 heteroatoms. The average Bonchev–Trinajstić information content (AvgIpc) is 2.19. The number of rotatable bonds is 1. The standard InChI is InChI=1S/C10H13NO2/c1-13-10-6-7-11(12)9-5-3-2-4-8(9)10/h6-7H,2-5H2,1H3. The van der Waals surface area contributed by atoms with Crippen LogP contribution in [0.25, 0.3) is 0 Å². The van der Waals surface area contributed by atoms with Crippen LogP contribution in [0.1, 0.15) is 24.1 Å². The van der Waals surface area contributed by atoms with Gasteiger partial charge < -0.3 is 9.94 Å². The van der Waals surface area contributed by atoms with Gasteiger partial charge in [0, 0.05) is 12.5 Å². The summed E-state index contributed by atoms with van der Waals surface area (Å²) in [4.78, 5) is 0. The number of hydrogen-bond donors (Lipinski definition) is 0. The van der Waals surface area contributed by atoms with E-state index in [1.54, 1.807) is 13.2 Å². The van der Waals surface area contributed by atoms with E-state index in [4.69, 9.17) is 4.74 Å². The van der Waals surface area contributed by atoms with Crippen molar-refractivity contribution in [2.75, 3.05) is 7.11 Å². The highest BCUT2D eigenvalue weighted by molar-refractivity contribution is 5.34. The fourth-order valence-electron chi connectivity index (χ4n) is 1.92. The summed E-state index contributed by atoms with van der Waals surface area (Å²) in [6.45, 7) is 0. The van der Waals surface area contributed by atoms with Gasteiger partial charge in [-0.15, -0.1) is 0 Å². The molecule has 0 radical (unpaired) electrons. The molecule has 1 heterocycles. The van der Waals surface area contributed by atoms with Crippen LogP contribution >= 0.6 is 0 Å². The molecular formula is C10H13NO2. The SMILES string of the molecule is COc1cc[n+]([O-])c2c1CCCC2. The number of fused-ring (bicyclic) bond motifs is 1. The van der Waals surface area contributed by atoms with Crippen molar-refractivity contribution < 1.29 is 9.47 Å². The third-order valence-corrected chi connectivity index (χ3v) is 2.58. The van der Waals surface area contributed by atoms with E-state index >= 15 is 0 Å². The fraction of sp³-hybridized carbons (Fsp3) is 0.500. The van der Waals surface area contributed by atoms with Crippen LogP contribution in [0.5, 0.6) is 5.75 Å². The van der Waals surface area contributed by atoms with Gasteiger partial charge in [0.1, 0.15) is 5.75 Å². The lowest BCUT2D eigenvalue weighted by Gasteiger charge is -2.16. The molecule has 13 heavy (non-hydrogen) atoms. The molecule has 0 bridgehead atoms. The Bertz CT molecular complexity index is 323. The maximum absolute atomic E-state index is 11.4. The van der Waals surface area contributed by atoms with Crippen LogP contribution in [0.2, 0.25) is 0 Å². The van der Waals surface area contributed by atoms with Gasteiger partial charge in [0.15, 0.2) is 11.9 Å². The van der Waals surface area contributed by atoms with E-state index in [1.165, 1.54) is 6.20 Å². The Balaban J connectivity index is 2.52. The lowest BCUT2D eigenvalue weighted by Crippen LogP contribution is -2.34. The van der Waals surface area contributed by atoms with Crippen molar-refractivity contribution in [3.63, 3.8) is 0 Å². The van der Waals surface area contributed by atoms with Crippen LogP contribution in [0.3, 0.4) is 0 Å². The number of pyridine rings is 1. The lowest BCUT2D eigenvalue weighted by molar-refractivity contribution is -0.615. The number of aromatic nitrogens is 1. The van der Waals surface area contributed by atoms with E-state index in [1.807, 2.05) is 0 Å². The summed E-state index contributed by atoms with van der Waals surface area (Å²) >= 11 is 0. The second kappa shape index (κ2) is 3.24. The average molecular weight is 179 g/mol. The zero-order valence-corrected chi connectivity index (χ0v) is 7.75. The van der Waals surface area contributed by atoms with Crippen molar-refractivity contribution in [1.82, 2.24) is 0 Å². The van der Waals surface area contributed by atoms with Gasteiger partial charge in [-0.05, 0) is 19.3 Å². The van der Waals surface area contributed by atoms with Crippen LogP contribution in [0.15, 0.2) is 12.3 Å².